The molecule has 0 heterocycles. The first-order chi connectivity index (χ1) is 8.13. The van der Waals surface area contributed by atoms with Crippen LogP contribution >= 0.6 is 11.6 Å². The van der Waals surface area contributed by atoms with Gasteiger partial charge in [0.25, 0.3) is 0 Å². The number of nitrogens with one attached hydrogen (secondary N) is 1. The van der Waals surface area contributed by atoms with Gasteiger partial charge in [-0.3, -0.25) is 4.79 Å². The van der Waals surface area contributed by atoms with Gasteiger partial charge in [-0.25, -0.2) is 0 Å². The van der Waals surface area contributed by atoms with Crippen LogP contribution in [-0.4, -0.2) is 24.3 Å². The first kappa shape index (κ1) is 13.5. The minimum Gasteiger partial charge on any atom is -0.550 e. The third-order valence-corrected chi connectivity index (χ3v) is 2.59. The van der Waals surface area contributed by atoms with E-state index in [2.05, 4.69) is 5.32 Å². The third-order valence-electron chi connectivity index (χ3n) is 2.35. The number of aliphatic carboxylic acids is 1. The topological polar surface area (TPSA) is 69.2 Å². The Bertz CT molecular complexity index is 381. The normalized spacial score (nSPS) is 11.8. The third kappa shape index (κ3) is 4.87. The van der Waals surface area contributed by atoms with E-state index in [4.69, 9.17) is 11.6 Å². The minimum absolute atomic E-state index is 0.132. The molecule has 1 aromatic rings. The first-order valence-electron chi connectivity index (χ1n) is 5.21. The molecule has 0 saturated heterocycles. The van der Waals surface area contributed by atoms with E-state index in [1.54, 1.807) is 0 Å². The van der Waals surface area contributed by atoms with E-state index < -0.39 is 5.97 Å². The summed E-state index contributed by atoms with van der Waals surface area (Å²) < 4.78 is 0. The number of halogens is 1. The highest BCUT2D eigenvalue weighted by atomic mass is 35.5. The first-order valence-corrected chi connectivity index (χ1v) is 5.74. The number of rotatable bonds is 6. The van der Waals surface area contributed by atoms with Gasteiger partial charge in [0, 0.05) is 18.4 Å². The zero-order chi connectivity index (χ0) is 12.7. The molecule has 5 heteroatoms. The number of alkyl halides is 1. The lowest BCUT2D eigenvalue weighted by Crippen LogP contribution is -2.33. The molecule has 0 spiro atoms. The van der Waals surface area contributed by atoms with E-state index in [9.17, 15) is 14.7 Å². The number of amides is 1. The molecular formula is C12H13ClNO3-. The fraction of sp³-hybridized carbons (Fsp3) is 0.333. The van der Waals surface area contributed by atoms with Gasteiger partial charge in [-0.15, -0.1) is 11.6 Å². The monoisotopic (exact) mass is 254 g/mol. The quantitative estimate of drug-likeness (QED) is 0.741. The largest absolute Gasteiger partial charge is 0.550 e. The molecule has 92 valence electrons. The standard InChI is InChI=1S/C12H14ClNO3/c13-7-11(15)14-8-10(6-12(16)17)9-4-2-1-3-5-9/h1-5,10H,6-8H2,(H,14,15)(H,16,17)/p-1/t10-/m0/s1. The summed E-state index contributed by atoms with van der Waals surface area (Å²) in [5, 5.41) is 13.2. The maximum absolute atomic E-state index is 11.0. The van der Waals surface area contributed by atoms with Crippen molar-refractivity contribution >= 4 is 23.5 Å². The summed E-state index contributed by atoms with van der Waals surface area (Å²) >= 11 is 5.35. The van der Waals surface area contributed by atoms with Gasteiger partial charge in [-0.2, -0.15) is 0 Å². The second-order valence-corrected chi connectivity index (χ2v) is 3.89. The Kier molecular flexibility index (Phi) is 5.49. The molecule has 0 unspecified atom stereocenters. The van der Waals surface area contributed by atoms with Crippen LogP contribution < -0.4 is 10.4 Å². The van der Waals surface area contributed by atoms with E-state index in [1.165, 1.54) is 0 Å². The number of hydrogen-bond donors (Lipinski definition) is 1. The molecule has 1 atom stereocenters. The molecule has 0 aliphatic carbocycles. The van der Waals surface area contributed by atoms with Crippen molar-refractivity contribution in [1.82, 2.24) is 5.32 Å². The van der Waals surface area contributed by atoms with Gasteiger partial charge in [0.05, 0.1) is 0 Å². The van der Waals surface area contributed by atoms with Crippen LogP contribution in [0, 0.1) is 0 Å². The second kappa shape index (κ2) is 6.91. The van der Waals surface area contributed by atoms with Gasteiger partial charge in [0.2, 0.25) is 5.91 Å². The summed E-state index contributed by atoms with van der Waals surface area (Å²) in [5.41, 5.74) is 0.853. The van der Waals surface area contributed by atoms with Gasteiger partial charge in [-0.05, 0) is 12.0 Å². The molecule has 0 saturated carbocycles. The van der Waals surface area contributed by atoms with Crippen LogP contribution in [0.1, 0.15) is 17.9 Å². The Labute approximate surface area is 105 Å². The summed E-state index contributed by atoms with van der Waals surface area (Å²) in [5.74, 6) is -1.88. The summed E-state index contributed by atoms with van der Waals surface area (Å²) in [6.07, 6.45) is -0.132. The molecule has 0 radical (unpaired) electrons. The highest BCUT2D eigenvalue weighted by Gasteiger charge is 2.12. The van der Waals surface area contributed by atoms with E-state index in [-0.39, 0.29) is 30.7 Å². The zero-order valence-corrected chi connectivity index (χ0v) is 9.94. The Morgan fingerprint density at radius 1 is 1.29 bits per heavy atom. The van der Waals surface area contributed by atoms with Crippen molar-refractivity contribution in [3.05, 3.63) is 35.9 Å². The summed E-state index contributed by atoms with van der Waals surface area (Å²) in [7, 11) is 0. The average molecular weight is 255 g/mol. The summed E-state index contributed by atoms with van der Waals surface area (Å²) in [6.45, 7) is 0.240. The van der Waals surface area contributed by atoms with Crippen molar-refractivity contribution in [3.63, 3.8) is 0 Å². The molecule has 1 amide bonds. The average Bonchev–Trinajstić information content (AvgIpc) is 2.34. The number of carboxylic acid groups (broad SMARTS) is 1. The van der Waals surface area contributed by atoms with E-state index in [0.29, 0.717) is 0 Å². The highest BCUT2D eigenvalue weighted by Crippen LogP contribution is 2.18. The number of benzene rings is 1. The fourth-order valence-corrected chi connectivity index (χ4v) is 1.61. The van der Waals surface area contributed by atoms with Crippen LogP contribution in [0.4, 0.5) is 0 Å². The number of carbonyl (C=O) groups is 2. The van der Waals surface area contributed by atoms with E-state index in [1.807, 2.05) is 30.3 Å². The molecule has 1 N–H and O–H groups in total. The molecule has 0 bridgehead atoms. The molecule has 1 rings (SSSR count). The van der Waals surface area contributed by atoms with Crippen molar-refractivity contribution in [1.29, 1.82) is 0 Å². The molecule has 4 nitrogen and oxygen atoms in total. The molecule has 17 heavy (non-hydrogen) atoms. The Balaban J connectivity index is 2.67. The molecule has 0 fully saturated rings. The molecular weight excluding hydrogens is 242 g/mol. The van der Waals surface area contributed by atoms with Gasteiger partial charge in [0.15, 0.2) is 0 Å². The van der Waals surface area contributed by atoms with Crippen molar-refractivity contribution < 1.29 is 14.7 Å². The van der Waals surface area contributed by atoms with Crippen molar-refractivity contribution in [2.45, 2.75) is 12.3 Å². The SMILES string of the molecule is O=C([O-])C[C@@H](CNC(=O)CCl)c1ccccc1. The molecule has 0 aliphatic rings. The summed E-state index contributed by atoms with van der Waals surface area (Å²) in [4.78, 5) is 21.7. The predicted molar refractivity (Wildman–Crippen MR) is 62.5 cm³/mol. The smallest absolute Gasteiger partial charge is 0.234 e. The van der Waals surface area contributed by atoms with E-state index in [0.717, 1.165) is 5.56 Å². The number of carbonyl (C=O) groups excluding carboxylic acids is 2. The number of hydrogen-bond acceptors (Lipinski definition) is 3. The Morgan fingerprint density at radius 3 is 2.47 bits per heavy atom. The van der Waals surface area contributed by atoms with Gasteiger partial charge >= 0.3 is 0 Å². The summed E-state index contributed by atoms with van der Waals surface area (Å²) in [6, 6.07) is 9.12. The minimum atomic E-state index is -1.14. The lowest BCUT2D eigenvalue weighted by atomic mass is 9.96. The Hall–Kier alpha value is -1.55. The fourth-order valence-electron chi connectivity index (χ4n) is 1.52. The van der Waals surface area contributed by atoms with E-state index >= 15 is 0 Å². The number of carboxylic acids is 1. The van der Waals surface area contributed by atoms with Crippen molar-refractivity contribution in [2.75, 3.05) is 12.4 Å². The lowest BCUT2D eigenvalue weighted by molar-refractivity contribution is -0.306. The van der Waals surface area contributed by atoms with Crippen LogP contribution in [-0.2, 0) is 9.59 Å². The van der Waals surface area contributed by atoms with Crippen LogP contribution in [0.2, 0.25) is 0 Å². The van der Waals surface area contributed by atoms with Crippen molar-refractivity contribution in [2.24, 2.45) is 0 Å². The predicted octanol–water partition coefficient (Wildman–Crippen LogP) is 0.265. The maximum Gasteiger partial charge on any atom is 0.234 e. The van der Waals surface area contributed by atoms with Crippen molar-refractivity contribution in [3.8, 4) is 0 Å². The Morgan fingerprint density at radius 2 is 1.94 bits per heavy atom. The second-order valence-electron chi connectivity index (χ2n) is 3.62. The van der Waals surface area contributed by atoms with Gasteiger partial charge < -0.3 is 15.2 Å². The van der Waals surface area contributed by atoms with Gasteiger partial charge in [-0.1, -0.05) is 30.3 Å². The van der Waals surface area contributed by atoms with Crippen LogP contribution in [0.15, 0.2) is 30.3 Å². The van der Waals surface area contributed by atoms with Crippen LogP contribution in [0.25, 0.3) is 0 Å². The molecule has 1 aromatic carbocycles. The van der Waals surface area contributed by atoms with Gasteiger partial charge in [0.1, 0.15) is 5.88 Å². The molecule has 0 aliphatic heterocycles. The van der Waals surface area contributed by atoms with Crippen LogP contribution in [0.3, 0.4) is 0 Å². The maximum atomic E-state index is 11.0. The highest BCUT2D eigenvalue weighted by molar-refractivity contribution is 6.27. The zero-order valence-electron chi connectivity index (χ0n) is 9.19. The lowest BCUT2D eigenvalue weighted by Gasteiger charge is -2.18. The molecule has 0 aromatic heterocycles. The van der Waals surface area contributed by atoms with Crippen LogP contribution in [0.5, 0.6) is 0 Å².